The first-order valence-corrected chi connectivity index (χ1v) is 9.53. The van der Waals surface area contributed by atoms with E-state index in [0.29, 0.717) is 16.9 Å². The average Bonchev–Trinajstić information content (AvgIpc) is 3.16. The number of furan rings is 1. The van der Waals surface area contributed by atoms with Crippen LogP contribution in [0.4, 0.5) is 32.0 Å². The topological polar surface area (TPSA) is 93.2 Å². The van der Waals surface area contributed by atoms with E-state index in [2.05, 4.69) is 15.4 Å². The molecule has 7 nitrogen and oxygen atoms in total. The Labute approximate surface area is 186 Å². The number of alkyl halides is 6. The third-order valence-electron chi connectivity index (χ3n) is 4.63. The summed E-state index contributed by atoms with van der Waals surface area (Å²) in [5.74, 6) is -0.767. The number of anilines is 1. The Morgan fingerprint density at radius 2 is 1.82 bits per heavy atom. The van der Waals surface area contributed by atoms with Gasteiger partial charge in [0.1, 0.15) is 16.5 Å². The van der Waals surface area contributed by atoms with Gasteiger partial charge in [-0.2, -0.15) is 36.1 Å². The van der Waals surface area contributed by atoms with Crippen molar-refractivity contribution >= 4 is 17.3 Å². The molecule has 14 heteroatoms. The van der Waals surface area contributed by atoms with Crippen molar-refractivity contribution in [1.29, 1.82) is 0 Å². The summed E-state index contributed by atoms with van der Waals surface area (Å²) in [7, 11) is 0. The lowest BCUT2D eigenvalue weighted by atomic mass is 9.95. The van der Waals surface area contributed by atoms with Crippen molar-refractivity contribution in [2.75, 3.05) is 11.9 Å². The zero-order valence-electron chi connectivity index (χ0n) is 16.6. The fourth-order valence-corrected chi connectivity index (χ4v) is 3.03. The van der Waals surface area contributed by atoms with Gasteiger partial charge in [-0.3, -0.25) is 4.79 Å². The molecular formula is C19H15ClF6N4O3. The highest BCUT2D eigenvalue weighted by atomic mass is 35.5. The van der Waals surface area contributed by atoms with Crippen molar-refractivity contribution in [3.63, 3.8) is 0 Å². The normalized spacial score (nSPS) is 14.2. The first kappa shape index (κ1) is 24.6. The number of pyridine rings is 1. The molecule has 0 aliphatic rings. The molecule has 178 valence electrons. The van der Waals surface area contributed by atoms with Gasteiger partial charge < -0.3 is 14.8 Å². The van der Waals surface area contributed by atoms with Gasteiger partial charge in [0.2, 0.25) is 5.60 Å². The minimum absolute atomic E-state index is 0.148. The standard InChI is InChI=1S/C19H15ClF6N4O3/c1-10-2-4-13(33-10)17(32,19(24,25)26)6-7-27-12-9-29-30(16(31)15(12)20)14-5-3-11(8-28-14)18(21,22)23/h2-5,8-9,27,32H,6-7H2,1H3. The summed E-state index contributed by atoms with van der Waals surface area (Å²) < 4.78 is 84.1. The Kier molecular flexibility index (Phi) is 6.48. The van der Waals surface area contributed by atoms with E-state index < -0.39 is 52.8 Å². The number of aliphatic hydroxyl groups is 1. The van der Waals surface area contributed by atoms with Crippen LogP contribution < -0.4 is 10.9 Å². The average molecular weight is 497 g/mol. The number of hydrogen-bond acceptors (Lipinski definition) is 6. The van der Waals surface area contributed by atoms with Crippen LogP contribution >= 0.6 is 11.6 Å². The smallest absolute Gasteiger partial charge is 0.424 e. The lowest BCUT2D eigenvalue weighted by Gasteiger charge is -2.28. The lowest BCUT2D eigenvalue weighted by molar-refractivity contribution is -0.274. The number of aryl methyl sites for hydroxylation is 1. The van der Waals surface area contributed by atoms with Crippen LogP contribution in [0.15, 0.2) is 45.9 Å². The molecule has 33 heavy (non-hydrogen) atoms. The Morgan fingerprint density at radius 1 is 1.12 bits per heavy atom. The van der Waals surface area contributed by atoms with E-state index in [4.69, 9.17) is 16.0 Å². The van der Waals surface area contributed by atoms with Crippen LogP contribution in [-0.2, 0) is 11.8 Å². The number of nitrogens with zero attached hydrogens (tertiary/aromatic N) is 3. The summed E-state index contributed by atoms with van der Waals surface area (Å²) in [4.78, 5) is 16.0. The third-order valence-corrected chi connectivity index (χ3v) is 5.00. The molecule has 0 fully saturated rings. The van der Waals surface area contributed by atoms with E-state index in [1.165, 1.54) is 13.0 Å². The fraction of sp³-hybridized carbons (Fsp3) is 0.316. The summed E-state index contributed by atoms with van der Waals surface area (Å²) in [5.41, 5.74) is -5.45. The van der Waals surface area contributed by atoms with E-state index in [0.717, 1.165) is 18.3 Å². The van der Waals surface area contributed by atoms with Crippen LogP contribution in [0.1, 0.15) is 23.5 Å². The van der Waals surface area contributed by atoms with Gasteiger partial charge in [0.25, 0.3) is 5.56 Å². The number of nitrogens with one attached hydrogen (secondary N) is 1. The van der Waals surface area contributed by atoms with E-state index >= 15 is 0 Å². The number of aromatic nitrogens is 3. The molecule has 3 rings (SSSR count). The van der Waals surface area contributed by atoms with Crippen LogP contribution in [-0.4, -0.2) is 32.6 Å². The Morgan fingerprint density at radius 3 is 2.33 bits per heavy atom. The van der Waals surface area contributed by atoms with E-state index in [9.17, 15) is 36.2 Å². The molecule has 3 aromatic rings. The van der Waals surface area contributed by atoms with E-state index in [1.54, 1.807) is 0 Å². The second kappa shape index (κ2) is 8.71. The molecule has 0 bridgehead atoms. The van der Waals surface area contributed by atoms with Crippen LogP contribution in [0.2, 0.25) is 5.02 Å². The molecule has 0 aliphatic carbocycles. The first-order valence-electron chi connectivity index (χ1n) is 9.15. The minimum atomic E-state index is -5.06. The molecule has 0 saturated heterocycles. The van der Waals surface area contributed by atoms with Crippen LogP contribution in [0.25, 0.3) is 5.82 Å². The van der Waals surface area contributed by atoms with Crippen molar-refractivity contribution in [3.05, 3.63) is 69.1 Å². The van der Waals surface area contributed by atoms with Crippen LogP contribution in [0, 0.1) is 6.92 Å². The van der Waals surface area contributed by atoms with Gasteiger partial charge in [0.15, 0.2) is 5.82 Å². The Bertz CT molecular complexity index is 1190. The number of hydrogen-bond donors (Lipinski definition) is 2. The molecule has 0 spiro atoms. The summed E-state index contributed by atoms with van der Waals surface area (Å²) in [6.07, 6.45) is -9.06. The second-order valence-corrected chi connectivity index (χ2v) is 7.32. The van der Waals surface area contributed by atoms with Gasteiger partial charge in [-0.25, -0.2) is 4.98 Å². The molecule has 0 aromatic carbocycles. The third kappa shape index (κ3) is 4.98. The monoisotopic (exact) mass is 496 g/mol. The largest absolute Gasteiger partial charge is 0.463 e. The molecule has 0 saturated carbocycles. The molecule has 1 atom stereocenters. The quantitative estimate of drug-likeness (QED) is 0.490. The fourth-order valence-electron chi connectivity index (χ4n) is 2.84. The summed E-state index contributed by atoms with van der Waals surface area (Å²) in [6.45, 7) is 0.934. The van der Waals surface area contributed by atoms with Gasteiger partial charge in [-0.15, -0.1) is 0 Å². The highest BCUT2D eigenvalue weighted by molar-refractivity contribution is 6.32. The summed E-state index contributed by atoms with van der Waals surface area (Å²) in [5, 5.41) is 16.0. The van der Waals surface area contributed by atoms with E-state index in [-0.39, 0.29) is 17.3 Å². The highest BCUT2D eigenvalue weighted by Gasteiger charge is 2.56. The number of rotatable bonds is 6. The molecule has 2 N–H and O–H groups in total. The molecule has 0 aliphatic heterocycles. The first-order chi connectivity index (χ1) is 15.2. The van der Waals surface area contributed by atoms with Gasteiger partial charge >= 0.3 is 12.4 Å². The van der Waals surface area contributed by atoms with Crippen LogP contribution in [0.3, 0.4) is 0 Å². The van der Waals surface area contributed by atoms with Crippen molar-refractivity contribution in [1.82, 2.24) is 14.8 Å². The van der Waals surface area contributed by atoms with Gasteiger partial charge in [0.05, 0.1) is 17.4 Å². The second-order valence-electron chi connectivity index (χ2n) is 6.94. The zero-order chi connectivity index (χ0) is 24.6. The molecule has 0 amide bonds. The zero-order valence-corrected chi connectivity index (χ0v) is 17.4. The highest BCUT2D eigenvalue weighted by Crippen LogP contribution is 2.42. The maximum Gasteiger partial charge on any atom is 0.424 e. The SMILES string of the molecule is Cc1ccc(C(O)(CCNc2cnn(-c3ccc(C(F)(F)F)cn3)c(=O)c2Cl)C(F)(F)F)o1. The number of halogens is 7. The summed E-state index contributed by atoms with van der Waals surface area (Å²) in [6, 6.07) is 3.89. The lowest BCUT2D eigenvalue weighted by Crippen LogP contribution is -2.43. The Balaban J connectivity index is 1.79. The molecule has 3 aromatic heterocycles. The molecule has 1 unspecified atom stereocenters. The van der Waals surface area contributed by atoms with Gasteiger partial charge in [-0.1, -0.05) is 11.6 Å². The van der Waals surface area contributed by atoms with Crippen molar-refractivity contribution in [3.8, 4) is 5.82 Å². The predicted molar refractivity (Wildman–Crippen MR) is 104 cm³/mol. The Hall–Kier alpha value is -3.06. The van der Waals surface area contributed by atoms with Gasteiger partial charge in [0, 0.05) is 19.2 Å². The van der Waals surface area contributed by atoms with Gasteiger partial charge in [-0.05, 0) is 31.2 Å². The predicted octanol–water partition coefficient (Wildman–Crippen LogP) is 4.45. The maximum absolute atomic E-state index is 13.5. The summed E-state index contributed by atoms with van der Waals surface area (Å²) >= 11 is 5.97. The van der Waals surface area contributed by atoms with Crippen molar-refractivity contribution in [2.45, 2.75) is 31.3 Å². The molecule has 0 radical (unpaired) electrons. The van der Waals surface area contributed by atoms with E-state index in [1.807, 2.05) is 0 Å². The maximum atomic E-state index is 13.5. The molecular weight excluding hydrogens is 482 g/mol. The minimum Gasteiger partial charge on any atom is -0.463 e. The van der Waals surface area contributed by atoms with Crippen LogP contribution in [0.5, 0.6) is 0 Å². The van der Waals surface area contributed by atoms with Crippen molar-refractivity contribution in [2.24, 2.45) is 0 Å². The molecule has 3 heterocycles. The van der Waals surface area contributed by atoms with Crippen molar-refractivity contribution < 1.29 is 35.9 Å².